The monoisotopic (exact) mass is 480 g/mol. The predicted molar refractivity (Wildman–Crippen MR) is 148 cm³/mol. The third-order valence-electron chi connectivity index (χ3n) is 6.26. The zero-order chi connectivity index (χ0) is 22.0. The van der Waals surface area contributed by atoms with Crippen LogP contribution in [0.25, 0.3) is 0 Å². The summed E-state index contributed by atoms with van der Waals surface area (Å²) in [6.07, 6.45) is 21.8. The molecule has 0 heterocycles. The maximum atomic E-state index is 2.35. The number of benzene rings is 2. The Kier molecular flexibility index (Phi) is 19.2. The second kappa shape index (κ2) is 20.4. The summed E-state index contributed by atoms with van der Waals surface area (Å²) in [5.74, 6) is 0. The smallest absolute Gasteiger partial charge is 1.00 e. The van der Waals surface area contributed by atoms with Crippen LogP contribution in [-0.4, -0.2) is 37.7 Å². The maximum Gasteiger partial charge on any atom is 2.00 e. The van der Waals surface area contributed by atoms with Crippen molar-refractivity contribution in [3.8, 4) is 0 Å². The normalized spacial score (nSPS) is 10.8. The van der Waals surface area contributed by atoms with E-state index in [9.17, 15) is 0 Å². The fraction of sp³-hybridized carbons (Fsp3) is 0.600. The summed E-state index contributed by atoms with van der Waals surface area (Å²) in [6.45, 7) is 4.59. The molecule has 176 valence electrons. The SMILES string of the molecule is CCCCCCCCCc1ccccc1Sc1ccccc1CCCCCCCCC.[Ca+2].[H-].[H-]. The molecule has 2 aromatic rings. The van der Waals surface area contributed by atoms with E-state index < -0.39 is 0 Å². The molecule has 0 aliphatic carbocycles. The van der Waals surface area contributed by atoms with E-state index in [1.54, 1.807) is 0 Å². The van der Waals surface area contributed by atoms with E-state index in [4.69, 9.17) is 0 Å². The number of rotatable bonds is 18. The molecule has 32 heavy (non-hydrogen) atoms. The van der Waals surface area contributed by atoms with Gasteiger partial charge in [0.05, 0.1) is 0 Å². The van der Waals surface area contributed by atoms with E-state index in [2.05, 4.69) is 62.4 Å². The topological polar surface area (TPSA) is 0 Å². The molecule has 0 spiro atoms. The number of hydrogen-bond donors (Lipinski definition) is 0. The van der Waals surface area contributed by atoms with Crippen molar-refractivity contribution in [3.63, 3.8) is 0 Å². The van der Waals surface area contributed by atoms with Gasteiger partial charge in [-0.3, -0.25) is 0 Å². The van der Waals surface area contributed by atoms with Crippen molar-refractivity contribution in [2.75, 3.05) is 0 Å². The van der Waals surface area contributed by atoms with Crippen molar-refractivity contribution >= 4 is 49.5 Å². The average Bonchev–Trinajstić information content (AvgIpc) is 2.80. The molecule has 0 amide bonds. The van der Waals surface area contributed by atoms with Crippen LogP contribution in [0.2, 0.25) is 0 Å². The van der Waals surface area contributed by atoms with Gasteiger partial charge in [-0.2, -0.15) is 0 Å². The van der Waals surface area contributed by atoms with Crippen LogP contribution in [0.15, 0.2) is 58.3 Å². The summed E-state index contributed by atoms with van der Waals surface area (Å²) in [5, 5.41) is 0. The summed E-state index contributed by atoms with van der Waals surface area (Å²) in [5.41, 5.74) is 3.07. The molecule has 2 rings (SSSR count). The minimum atomic E-state index is 0. The fourth-order valence-electron chi connectivity index (χ4n) is 4.28. The minimum absolute atomic E-state index is 0. The predicted octanol–water partition coefficient (Wildman–Crippen LogP) is 10.3. The molecule has 0 bridgehead atoms. The van der Waals surface area contributed by atoms with Crippen molar-refractivity contribution in [2.24, 2.45) is 0 Å². The van der Waals surface area contributed by atoms with Crippen LogP contribution in [0.1, 0.15) is 118 Å². The molecule has 2 heteroatoms. The Morgan fingerprint density at radius 3 is 1.25 bits per heavy atom. The molecule has 0 atom stereocenters. The van der Waals surface area contributed by atoms with Gasteiger partial charge in [-0.25, -0.2) is 0 Å². The van der Waals surface area contributed by atoms with Gasteiger partial charge < -0.3 is 2.85 Å². The number of unbranched alkanes of at least 4 members (excludes halogenated alkanes) is 12. The number of hydrogen-bond acceptors (Lipinski definition) is 1. The standard InChI is InChI=1S/C30H46S.Ca.2H/c1-3-5-7-9-11-13-15-21-27-23-17-19-25-29(27)31-30-26-20-18-24-28(30)22-16-14-12-10-8-6-4-2;;;/h17-20,23-26H,3-16,21-22H2,1-2H3;;;/q;+2;2*-1. The molecule has 0 saturated heterocycles. The van der Waals surface area contributed by atoms with Crippen LogP contribution in [-0.2, 0) is 12.8 Å². The van der Waals surface area contributed by atoms with Crippen molar-refractivity contribution in [2.45, 2.75) is 126 Å². The maximum absolute atomic E-state index is 2.35. The molecule has 0 unspecified atom stereocenters. The van der Waals surface area contributed by atoms with Crippen molar-refractivity contribution < 1.29 is 2.85 Å². The Morgan fingerprint density at radius 2 is 0.844 bits per heavy atom. The zero-order valence-corrected chi connectivity index (χ0v) is 24.1. The first kappa shape index (κ1) is 30.1. The fourth-order valence-corrected chi connectivity index (χ4v) is 5.42. The van der Waals surface area contributed by atoms with Crippen molar-refractivity contribution in [1.29, 1.82) is 0 Å². The summed E-state index contributed by atoms with van der Waals surface area (Å²) in [6, 6.07) is 18.2. The molecule has 0 aliphatic rings. The first-order valence-electron chi connectivity index (χ1n) is 13.2. The van der Waals surface area contributed by atoms with Crippen molar-refractivity contribution in [3.05, 3.63) is 59.7 Å². The Hall–Kier alpha value is 0.0497. The minimum Gasteiger partial charge on any atom is -1.00 e. The quantitative estimate of drug-likeness (QED) is 0.151. The summed E-state index contributed by atoms with van der Waals surface area (Å²) >= 11 is 1.99. The van der Waals surface area contributed by atoms with E-state index >= 15 is 0 Å². The second-order valence-corrected chi connectivity index (χ2v) is 10.1. The first-order valence-corrected chi connectivity index (χ1v) is 14.0. The third kappa shape index (κ3) is 13.1. The third-order valence-corrected chi connectivity index (χ3v) is 7.50. The van der Waals surface area contributed by atoms with Crippen LogP contribution in [0.3, 0.4) is 0 Å². The molecular formula is C30H48CaS. The van der Waals surface area contributed by atoms with Gasteiger partial charge in [0.25, 0.3) is 0 Å². The largest absolute Gasteiger partial charge is 2.00 e. The first-order chi connectivity index (χ1) is 15.3. The Bertz CT molecular complexity index is 648. The van der Waals surface area contributed by atoms with E-state index in [0.717, 1.165) is 0 Å². The summed E-state index contributed by atoms with van der Waals surface area (Å²) in [7, 11) is 0. The van der Waals surface area contributed by atoms with Gasteiger partial charge in [-0.1, -0.05) is 139 Å². The van der Waals surface area contributed by atoms with E-state index in [1.165, 1.54) is 124 Å². The van der Waals surface area contributed by atoms with Gasteiger partial charge in [-0.15, -0.1) is 0 Å². The van der Waals surface area contributed by atoms with Gasteiger partial charge >= 0.3 is 37.7 Å². The van der Waals surface area contributed by atoms with Crippen LogP contribution < -0.4 is 0 Å². The molecule has 0 N–H and O–H groups in total. The second-order valence-electron chi connectivity index (χ2n) is 9.06. The van der Waals surface area contributed by atoms with Crippen LogP contribution in [0.5, 0.6) is 0 Å². The zero-order valence-electron chi connectivity index (χ0n) is 23.0. The molecule has 0 radical (unpaired) electrons. The molecule has 2 aromatic carbocycles. The Balaban J connectivity index is 0. The molecule has 0 aromatic heterocycles. The van der Waals surface area contributed by atoms with E-state index in [0.29, 0.717) is 0 Å². The van der Waals surface area contributed by atoms with Crippen molar-refractivity contribution in [1.82, 2.24) is 0 Å². The van der Waals surface area contributed by atoms with E-state index in [-0.39, 0.29) is 40.6 Å². The molecular weight excluding hydrogens is 432 g/mol. The van der Waals surface area contributed by atoms with Crippen LogP contribution >= 0.6 is 11.8 Å². The molecule has 0 saturated carbocycles. The Morgan fingerprint density at radius 1 is 0.500 bits per heavy atom. The van der Waals surface area contributed by atoms with Gasteiger partial charge in [-0.05, 0) is 48.9 Å². The number of aryl methyl sites for hydroxylation is 2. The molecule has 0 aliphatic heterocycles. The van der Waals surface area contributed by atoms with Gasteiger partial charge in [0.1, 0.15) is 0 Å². The summed E-state index contributed by atoms with van der Waals surface area (Å²) in [4.78, 5) is 2.92. The summed E-state index contributed by atoms with van der Waals surface area (Å²) < 4.78 is 0. The van der Waals surface area contributed by atoms with E-state index in [1.807, 2.05) is 11.8 Å². The average molecular weight is 481 g/mol. The van der Waals surface area contributed by atoms with Gasteiger partial charge in [0, 0.05) is 9.79 Å². The van der Waals surface area contributed by atoms with Gasteiger partial charge in [0.15, 0.2) is 0 Å². The molecule has 0 nitrogen and oxygen atoms in total. The van der Waals surface area contributed by atoms with Gasteiger partial charge in [0.2, 0.25) is 0 Å². The van der Waals surface area contributed by atoms with Crippen LogP contribution in [0, 0.1) is 0 Å². The van der Waals surface area contributed by atoms with Crippen LogP contribution in [0.4, 0.5) is 0 Å². The Labute approximate surface area is 236 Å². The molecule has 0 fully saturated rings.